The van der Waals surface area contributed by atoms with E-state index in [0.29, 0.717) is 5.75 Å². The molecule has 0 N–H and O–H groups in total. The average Bonchev–Trinajstić information content (AvgIpc) is 2.20. The zero-order valence-electron chi connectivity index (χ0n) is 9.81. The summed E-state index contributed by atoms with van der Waals surface area (Å²) in [6.07, 6.45) is -0.462. The molecule has 1 rings (SSSR count). The van der Waals surface area contributed by atoms with Crippen molar-refractivity contribution in [1.29, 1.82) is 0 Å². The number of Topliss-reactive ketones (excluding diaryl/α,β-unsaturated/α-hetero) is 1. The van der Waals surface area contributed by atoms with Crippen molar-refractivity contribution in [2.75, 3.05) is 0 Å². The zero-order valence-corrected chi connectivity index (χ0v) is 13.1. The molecule has 0 aromatic heterocycles. The molecule has 0 bridgehead atoms. The van der Waals surface area contributed by atoms with Gasteiger partial charge in [-0.25, -0.2) is 0 Å². The second-order valence-corrected chi connectivity index (χ2v) is 9.44. The molecule has 5 heteroatoms. The van der Waals surface area contributed by atoms with Crippen molar-refractivity contribution in [2.45, 2.75) is 26.9 Å². The number of ether oxygens (including phenoxy) is 1. The molecule has 0 amide bonds. The molecule has 0 aliphatic rings. The van der Waals surface area contributed by atoms with Crippen LogP contribution in [0, 0.1) is 6.92 Å². The Morgan fingerprint density at radius 2 is 2.12 bits per heavy atom. The summed E-state index contributed by atoms with van der Waals surface area (Å²) >= 11 is -1.90. The van der Waals surface area contributed by atoms with E-state index in [-0.39, 0.29) is 5.78 Å². The van der Waals surface area contributed by atoms with Crippen LogP contribution in [0.1, 0.15) is 25.0 Å². The number of carbonyl (C=O) groups excluding carboxylic acids is 1. The summed E-state index contributed by atoms with van der Waals surface area (Å²) in [7, 11) is 11.7. The van der Waals surface area contributed by atoms with Crippen molar-refractivity contribution < 1.29 is 23.0 Å². The topological polar surface area (TPSA) is 26.3 Å². The van der Waals surface area contributed by atoms with Gasteiger partial charge in [0.05, 0.1) is 0 Å². The summed E-state index contributed by atoms with van der Waals surface area (Å²) in [5.74, 6) is 0.640. The molecule has 1 unspecified atom stereocenters. The summed E-state index contributed by atoms with van der Waals surface area (Å²) < 4.78 is 7.41. The molecule has 0 fully saturated rings. The number of halogens is 2. The van der Waals surface area contributed by atoms with Crippen LogP contribution in [0.2, 0.25) is 0 Å². The summed E-state index contributed by atoms with van der Waals surface area (Å²) in [5, 5.41) is 0. The Morgan fingerprint density at radius 3 is 2.65 bits per heavy atom. The van der Waals surface area contributed by atoms with Gasteiger partial charge in [0.25, 0.3) is 0 Å². The van der Waals surface area contributed by atoms with Gasteiger partial charge in [0, 0.05) is 0 Å². The third-order valence-electron chi connectivity index (χ3n) is 2.23. The summed E-state index contributed by atoms with van der Waals surface area (Å²) in [5.41, 5.74) is 1.96. The van der Waals surface area contributed by atoms with Crippen LogP contribution in [0.3, 0.4) is 0 Å². The molecule has 0 saturated heterocycles. The van der Waals surface area contributed by atoms with Gasteiger partial charge in [0.2, 0.25) is 0 Å². The van der Waals surface area contributed by atoms with Crippen LogP contribution in [-0.4, -0.2) is 16.5 Å². The minimum atomic E-state index is -1.90. The second-order valence-electron chi connectivity index (χ2n) is 3.72. The van der Waals surface area contributed by atoms with E-state index in [0.717, 1.165) is 11.1 Å². The Balaban J connectivity index is 3.06. The SMILES string of the molecule is CC(=O)C(C)Oc1ccc(C)cc1[CH]=[Ru]([Cl])[Cl]. The second kappa shape index (κ2) is 6.63. The van der Waals surface area contributed by atoms with Gasteiger partial charge >= 0.3 is 115 Å². The molecule has 2 nitrogen and oxygen atoms in total. The molecule has 0 radical (unpaired) electrons. The van der Waals surface area contributed by atoms with Crippen molar-refractivity contribution >= 4 is 29.8 Å². The Kier molecular flexibility index (Phi) is 5.78. The molecular formula is C12H14Cl2O2Ru. The van der Waals surface area contributed by atoms with Crippen molar-refractivity contribution in [2.24, 2.45) is 0 Å². The number of ketones is 1. The normalized spacial score (nSPS) is 12.9. The van der Waals surface area contributed by atoms with E-state index in [1.165, 1.54) is 6.92 Å². The molecule has 0 aliphatic heterocycles. The molecular weight excluding hydrogens is 348 g/mol. The number of hydrogen-bond acceptors (Lipinski definition) is 2. The van der Waals surface area contributed by atoms with E-state index in [4.69, 9.17) is 24.1 Å². The first kappa shape index (κ1) is 14.8. The van der Waals surface area contributed by atoms with Gasteiger partial charge in [-0.1, -0.05) is 0 Å². The van der Waals surface area contributed by atoms with Gasteiger partial charge in [-0.15, -0.1) is 0 Å². The first-order valence-corrected chi connectivity index (χ1v) is 10.5. The van der Waals surface area contributed by atoms with Gasteiger partial charge < -0.3 is 0 Å². The molecule has 1 aromatic carbocycles. The Labute approximate surface area is 114 Å². The fourth-order valence-corrected chi connectivity index (χ4v) is 3.00. The van der Waals surface area contributed by atoms with E-state index < -0.39 is 19.6 Å². The van der Waals surface area contributed by atoms with Crippen LogP contribution >= 0.6 is 19.4 Å². The fourth-order valence-electron chi connectivity index (χ4n) is 1.21. The monoisotopic (exact) mass is 362 g/mol. The maximum atomic E-state index is 11.2. The molecule has 0 spiro atoms. The number of hydrogen-bond donors (Lipinski definition) is 0. The van der Waals surface area contributed by atoms with Crippen molar-refractivity contribution in [3.8, 4) is 5.75 Å². The number of benzene rings is 1. The van der Waals surface area contributed by atoms with Crippen LogP contribution in [0.15, 0.2) is 18.2 Å². The first-order chi connectivity index (χ1) is 7.90. The van der Waals surface area contributed by atoms with E-state index in [1.807, 2.05) is 29.7 Å². The maximum absolute atomic E-state index is 11.2. The molecule has 96 valence electrons. The van der Waals surface area contributed by atoms with E-state index >= 15 is 0 Å². The van der Waals surface area contributed by atoms with E-state index in [1.54, 1.807) is 6.92 Å². The third kappa shape index (κ3) is 4.87. The van der Waals surface area contributed by atoms with E-state index in [9.17, 15) is 4.79 Å². The molecule has 1 aromatic rings. The van der Waals surface area contributed by atoms with E-state index in [2.05, 4.69) is 0 Å². The predicted octanol–water partition coefficient (Wildman–Crippen LogP) is 3.43. The van der Waals surface area contributed by atoms with Gasteiger partial charge in [0.1, 0.15) is 0 Å². The molecule has 1 atom stereocenters. The predicted molar refractivity (Wildman–Crippen MR) is 68.8 cm³/mol. The summed E-state index contributed by atoms with van der Waals surface area (Å²) in [6, 6.07) is 5.72. The number of carbonyl (C=O) groups is 1. The third-order valence-corrected chi connectivity index (χ3v) is 4.06. The summed E-state index contributed by atoms with van der Waals surface area (Å²) in [4.78, 5) is 11.2. The standard InChI is InChI=1S/C12H14O2.2ClH.Ru/c1-8-5-6-12(9(2)7-8)14-11(4)10(3)13;;;/h2,5-7,11H,1,3-4H3;2*1H;/q;;;+2/p-2. The Morgan fingerprint density at radius 1 is 1.47 bits per heavy atom. The van der Waals surface area contributed by atoms with Crippen LogP contribution in [0.4, 0.5) is 0 Å². The van der Waals surface area contributed by atoms with Crippen molar-refractivity contribution in [3.63, 3.8) is 0 Å². The molecule has 0 aliphatic carbocycles. The van der Waals surface area contributed by atoms with Crippen LogP contribution < -0.4 is 4.74 Å². The fraction of sp³-hybridized carbons (Fsp3) is 0.333. The number of aryl methyl sites for hydroxylation is 1. The van der Waals surface area contributed by atoms with Crippen molar-refractivity contribution in [1.82, 2.24) is 0 Å². The minimum absolute atomic E-state index is 0.0116. The Bertz CT molecular complexity index is 454. The van der Waals surface area contributed by atoms with Crippen molar-refractivity contribution in [3.05, 3.63) is 29.3 Å². The number of rotatable bonds is 4. The molecule has 17 heavy (non-hydrogen) atoms. The molecule has 0 heterocycles. The molecule has 0 saturated carbocycles. The zero-order chi connectivity index (χ0) is 13.0. The van der Waals surface area contributed by atoms with Gasteiger partial charge in [-0.05, 0) is 0 Å². The average molecular weight is 362 g/mol. The first-order valence-electron chi connectivity index (χ1n) is 5.01. The van der Waals surface area contributed by atoms with Crippen LogP contribution in [-0.2, 0) is 18.3 Å². The van der Waals surface area contributed by atoms with Gasteiger partial charge in [0.15, 0.2) is 0 Å². The summed E-state index contributed by atoms with van der Waals surface area (Å²) in [6.45, 7) is 5.21. The quantitative estimate of drug-likeness (QED) is 0.768. The van der Waals surface area contributed by atoms with Crippen LogP contribution in [0.5, 0.6) is 5.75 Å². The Hall–Kier alpha value is -0.237. The van der Waals surface area contributed by atoms with Gasteiger partial charge in [-0.3, -0.25) is 0 Å². The van der Waals surface area contributed by atoms with Gasteiger partial charge in [-0.2, -0.15) is 0 Å². The van der Waals surface area contributed by atoms with Crippen LogP contribution in [0.25, 0.3) is 0 Å².